The highest BCUT2D eigenvalue weighted by Gasteiger charge is 2.16. The topological polar surface area (TPSA) is 107 Å². The minimum atomic E-state index is -0.493. The summed E-state index contributed by atoms with van der Waals surface area (Å²) < 4.78 is 21.7. The van der Waals surface area contributed by atoms with Crippen molar-refractivity contribution < 1.29 is 28.5 Å². The molecule has 1 aliphatic rings. The molecule has 2 amide bonds. The van der Waals surface area contributed by atoms with Gasteiger partial charge in [-0.2, -0.15) is 5.10 Å². The molecule has 0 unspecified atom stereocenters. The third-order valence-corrected chi connectivity index (χ3v) is 5.62. The van der Waals surface area contributed by atoms with E-state index >= 15 is 0 Å². The van der Waals surface area contributed by atoms with E-state index in [9.17, 15) is 9.59 Å². The van der Waals surface area contributed by atoms with Gasteiger partial charge in [-0.05, 0) is 54.1 Å². The average molecular weight is 530 g/mol. The van der Waals surface area contributed by atoms with Crippen LogP contribution in [-0.2, 0) is 11.4 Å². The van der Waals surface area contributed by atoms with Gasteiger partial charge in [0.25, 0.3) is 11.8 Å². The molecule has 0 spiro atoms. The van der Waals surface area contributed by atoms with E-state index < -0.39 is 11.8 Å². The van der Waals surface area contributed by atoms with E-state index in [4.69, 9.17) is 42.1 Å². The van der Waals surface area contributed by atoms with Crippen LogP contribution in [0.3, 0.4) is 0 Å². The van der Waals surface area contributed by atoms with Gasteiger partial charge in [-0.3, -0.25) is 9.59 Å². The second kappa shape index (κ2) is 11.7. The van der Waals surface area contributed by atoms with Gasteiger partial charge >= 0.3 is 0 Å². The van der Waals surface area contributed by atoms with Crippen molar-refractivity contribution in [2.45, 2.75) is 6.61 Å². The number of benzene rings is 3. The summed E-state index contributed by atoms with van der Waals surface area (Å²) in [6.07, 6.45) is 1.44. The molecule has 0 saturated carbocycles. The fourth-order valence-electron chi connectivity index (χ4n) is 3.20. The fourth-order valence-corrected chi connectivity index (χ4v) is 3.66. The Balaban J connectivity index is 1.27. The van der Waals surface area contributed by atoms with E-state index in [0.29, 0.717) is 44.2 Å². The van der Waals surface area contributed by atoms with E-state index in [1.165, 1.54) is 13.3 Å². The molecular formula is C25H21Cl2N3O6. The lowest BCUT2D eigenvalue weighted by molar-refractivity contribution is -0.120. The number of fused-ring (bicyclic) bond motifs is 1. The Morgan fingerprint density at radius 2 is 1.86 bits per heavy atom. The summed E-state index contributed by atoms with van der Waals surface area (Å²) in [5, 5.41) is 7.50. The van der Waals surface area contributed by atoms with Crippen LogP contribution in [-0.4, -0.2) is 38.5 Å². The molecule has 0 saturated heterocycles. The van der Waals surface area contributed by atoms with Crippen LogP contribution in [0.4, 0.5) is 0 Å². The number of rotatable bonds is 9. The highest BCUT2D eigenvalue weighted by molar-refractivity contribution is 6.35. The maximum atomic E-state index is 12.3. The Morgan fingerprint density at radius 3 is 2.67 bits per heavy atom. The summed E-state index contributed by atoms with van der Waals surface area (Å²) in [6, 6.07) is 15.1. The summed E-state index contributed by atoms with van der Waals surface area (Å²) in [5.74, 6) is 1.13. The van der Waals surface area contributed by atoms with Gasteiger partial charge in [-0.25, -0.2) is 5.43 Å². The summed E-state index contributed by atoms with van der Waals surface area (Å²) in [4.78, 5) is 24.3. The van der Waals surface area contributed by atoms with Gasteiger partial charge in [-0.15, -0.1) is 0 Å². The molecule has 11 heteroatoms. The first-order valence-electron chi connectivity index (χ1n) is 10.7. The Bertz CT molecular complexity index is 1310. The average Bonchev–Trinajstić information content (AvgIpc) is 3.35. The van der Waals surface area contributed by atoms with Crippen LogP contribution < -0.4 is 29.7 Å². The summed E-state index contributed by atoms with van der Waals surface area (Å²) in [7, 11) is 1.52. The number of carbonyl (C=O) groups is 2. The molecule has 3 aromatic carbocycles. The standard InChI is InChI=1S/C25H21Cl2N3O6/c1-33-22-8-15(2-6-20(22)34-13-17-3-5-18(26)10-19(17)27)11-29-30-24(31)12-28-25(32)16-4-7-21-23(9-16)36-14-35-21/h2-11H,12-14H2,1H3,(H,28,32)(H,30,31)/b29-11+. The second-order valence-electron chi connectivity index (χ2n) is 7.48. The van der Waals surface area contributed by atoms with Crippen LogP contribution in [0.15, 0.2) is 59.7 Å². The normalized spacial score (nSPS) is 11.9. The molecule has 1 aliphatic heterocycles. The van der Waals surface area contributed by atoms with Gasteiger partial charge in [0.05, 0.1) is 19.9 Å². The van der Waals surface area contributed by atoms with Crippen molar-refractivity contribution in [3.05, 3.63) is 81.3 Å². The van der Waals surface area contributed by atoms with Gasteiger partial charge in [0.1, 0.15) is 6.61 Å². The molecule has 9 nitrogen and oxygen atoms in total. The quantitative estimate of drug-likeness (QED) is 0.318. The number of carbonyl (C=O) groups excluding carboxylic acids is 2. The van der Waals surface area contributed by atoms with Gasteiger partial charge in [0.15, 0.2) is 23.0 Å². The predicted molar refractivity (Wildman–Crippen MR) is 134 cm³/mol. The molecule has 0 aromatic heterocycles. The number of nitrogens with zero attached hydrogens (tertiary/aromatic N) is 1. The number of hydrogen-bond donors (Lipinski definition) is 2. The van der Waals surface area contributed by atoms with E-state index in [1.54, 1.807) is 54.6 Å². The van der Waals surface area contributed by atoms with Crippen LogP contribution in [0.25, 0.3) is 0 Å². The van der Waals surface area contributed by atoms with Crippen molar-refractivity contribution in [1.29, 1.82) is 0 Å². The first-order chi connectivity index (χ1) is 17.4. The zero-order valence-corrected chi connectivity index (χ0v) is 20.6. The molecule has 186 valence electrons. The lowest BCUT2D eigenvalue weighted by Crippen LogP contribution is -2.34. The number of hydrazone groups is 1. The van der Waals surface area contributed by atoms with Crippen LogP contribution in [0, 0.1) is 0 Å². The van der Waals surface area contributed by atoms with Crippen LogP contribution in [0.1, 0.15) is 21.5 Å². The van der Waals surface area contributed by atoms with Gasteiger partial charge in [0.2, 0.25) is 6.79 Å². The van der Waals surface area contributed by atoms with Crippen LogP contribution in [0.2, 0.25) is 10.0 Å². The van der Waals surface area contributed by atoms with Crippen molar-refractivity contribution in [1.82, 2.24) is 10.7 Å². The molecule has 36 heavy (non-hydrogen) atoms. The molecule has 0 fully saturated rings. The smallest absolute Gasteiger partial charge is 0.259 e. The third-order valence-electron chi connectivity index (χ3n) is 5.03. The van der Waals surface area contributed by atoms with Crippen LogP contribution in [0.5, 0.6) is 23.0 Å². The molecule has 4 rings (SSSR count). The van der Waals surface area contributed by atoms with Crippen molar-refractivity contribution in [2.75, 3.05) is 20.4 Å². The zero-order chi connectivity index (χ0) is 25.5. The van der Waals surface area contributed by atoms with Gasteiger partial charge in [0, 0.05) is 21.2 Å². The monoisotopic (exact) mass is 529 g/mol. The van der Waals surface area contributed by atoms with Crippen molar-refractivity contribution in [3.8, 4) is 23.0 Å². The van der Waals surface area contributed by atoms with Gasteiger partial charge in [-0.1, -0.05) is 29.3 Å². The van der Waals surface area contributed by atoms with Gasteiger partial charge < -0.3 is 24.3 Å². The minimum Gasteiger partial charge on any atom is -0.493 e. The molecule has 2 N–H and O–H groups in total. The van der Waals surface area contributed by atoms with Crippen molar-refractivity contribution in [3.63, 3.8) is 0 Å². The summed E-state index contributed by atoms with van der Waals surface area (Å²) >= 11 is 12.1. The van der Waals surface area contributed by atoms with Crippen molar-refractivity contribution in [2.24, 2.45) is 5.10 Å². The Labute approximate surface area is 216 Å². The first kappa shape index (κ1) is 25.2. The van der Waals surface area contributed by atoms with Crippen LogP contribution >= 0.6 is 23.2 Å². The maximum Gasteiger partial charge on any atom is 0.259 e. The summed E-state index contributed by atoms with van der Waals surface area (Å²) in [5.41, 5.74) is 4.15. The highest BCUT2D eigenvalue weighted by atomic mass is 35.5. The minimum absolute atomic E-state index is 0.112. The Hall–Kier alpha value is -3.95. The largest absolute Gasteiger partial charge is 0.493 e. The fraction of sp³-hybridized carbons (Fsp3) is 0.160. The SMILES string of the molecule is COc1cc(/C=N/NC(=O)CNC(=O)c2ccc3c(c2)OCO3)ccc1OCc1ccc(Cl)cc1Cl. The van der Waals surface area contributed by atoms with E-state index in [-0.39, 0.29) is 19.9 Å². The predicted octanol–water partition coefficient (Wildman–Crippen LogP) is 4.19. The maximum absolute atomic E-state index is 12.3. The first-order valence-corrected chi connectivity index (χ1v) is 11.4. The Kier molecular flexibility index (Phi) is 8.14. The molecule has 0 bridgehead atoms. The molecular weight excluding hydrogens is 509 g/mol. The molecule has 0 radical (unpaired) electrons. The second-order valence-corrected chi connectivity index (χ2v) is 8.32. The lowest BCUT2D eigenvalue weighted by Gasteiger charge is -2.12. The third kappa shape index (κ3) is 6.38. The van der Waals surface area contributed by atoms with E-state index in [0.717, 1.165) is 5.56 Å². The molecule has 0 atom stereocenters. The number of hydrogen-bond acceptors (Lipinski definition) is 7. The number of nitrogens with one attached hydrogen (secondary N) is 2. The number of methoxy groups -OCH3 is 1. The number of amides is 2. The Morgan fingerprint density at radius 1 is 1.03 bits per heavy atom. The molecule has 0 aliphatic carbocycles. The highest BCUT2D eigenvalue weighted by Crippen LogP contribution is 2.32. The lowest BCUT2D eigenvalue weighted by atomic mass is 10.2. The van der Waals surface area contributed by atoms with E-state index in [1.807, 2.05) is 0 Å². The van der Waals surface area contributed by atoms with Crippen molar-refractivity contribution >= 4 is 41.2 Å². The van der Waals surface area contributed by atoms with E-state index in [2.05, 4.69) is 15.8 Å². The number of ether oxygens (including phenoxy) is 4. The number of halogens is 2. The summed E-state index contributed by atoms with van der Waals surface area (Å²) in [6.45, 7) is 0.0858. The molecule has 3 aromatic rings. The zero-order valence-electron chi connectivity index (χ0n) is 19.0. The molecule has 1 heterocycles.